The Kier molecular flexibility index (Phi) is 5.74. The van der Waals surface area contributed by atoms with E-state index in [-0.39, 0.29) is 11.8 Å². The molecule has 1 N–H and O–H groups in total. The Balaban J connectivity index is 1.78. The molecule has 2 aromatic carbocycles. The van der Waals surface area contributed by atoms with E-state index in [0.717, 1.165) is 37.1 Å². The third-order valence-electron chi connectivity index (χ3n) is 4.41. The first kappa shape index (κ1) is 18.2. The maximum Gasteiger partial charge on any atom is 0.256 e. The van der Waals surface area contributed by atoms with Crippen molar-refractivity contribution in [1.29, 1.82) is 0 Å². The Labute approximate surface area is 158 Å². The summed E-state index contributed by atoms with van der Waals surface area (Å²) in [6, 6.07) is 12.7. The van der Waals surface area contributed by atoms with E-state index in [1.807, 2.05) is 36.1 Å². The monoisotopic (exact) mass is 368 g/mol. The fourth-order valence-electron chi connectivity index (χ4n) is 3.09. The molecule has 0 unspecified atom stereocenters. The van der Waals surface area contributed by atoms with Gasteiger partial charge in [0.2, 0.25) is 5.91 Å². The van der Waals surface area contributed by atoms with Gasteiger partial charge in [0.15, 0.2) is 0 Å². The molecule has 0 saturated carbocycles. The number of carbonyl (C=O) groups is 2. The van der Waals surface area contributed by atoms with Gasteiger partial charge in [-0.1, -0.05) is 35.9 Å². The van der Waals surface area contributed by atoms with Crippen LogP contribution in [0.5, 0.6) is 0 Å². The Hall–Kier alpha value is -2.59. The molecular weight excluding hydrogens is 348 g/mol. The lowest BCUT2D eigenvalue weighted by Gasteiger charge is -2.19. The Morgan fingerprint density at radius 1 is 1.12 bits per heavy atom. The zero-order chi connectivity index (χ0) is 18.5. The van der Waals surface area contributed by atoms with Crippen molar-refractivity contribution >= 4 is 35.2 Å². The van der Waals surface area contributed by atoms with Gasteiger partial charge in [-0.3, -0.25) is 9.59 Å². The molecule has 0 spiro atoms. The zero-order valence-electron chi connectivity index (χ0n) is 14.7. The highest BCUT2D eigenvalue weighted by Crippen LogP contribution is 2.23. The van der Waals surface area contributed by atoms with Crippen molar-refractivity contribution in [2.24, 2.45) is 0 Å². The second-order valence-electron chi connectivity index (χ2n) is 6.37. The highest BCUT2D eigenvalue weighted by Gasteiger charge is 2.23. The number of carbonyl (C=O) groups excluding carboxylic acids is 2. The Morgan fingerprint density at radius 3 is 2.58 bits per heavy atom. The predicted molar refractivity (Wildman–Crippen MR) is 105 cm³/mol. The summed E-state index contributed by atoms with van der Waals surface area (Å²) in [7, 11) is 0. The standard InChI is InChI=1S/C21H21ClN2O2/c1-15-6-4-9-18(20(15)21(26)24-12-2-3-13-24)23-19(25)11-10-16-7-5-8-17(22)14-16/h4-11,14H,2-3,12-13H2,1H3,(H,23,25). The fraction of sp³-hybridized carbons (Fsp3) is 0.238. The summed E-state index contributed by atoms with van der Waals surface area (Å²) >= 11 is 5.95. The van der Waals surface area contributed by atoms with Gasteiger partial charge in [-0.05, 0) is 55.2 Å². The van der Waals surface area contributed by atoms with Crippen molar-refractivity contribution in [3.63, 3.8) is 0 Å². The maximum atomic E-state index is 12.8. The van der Waals surface area contributed by atoms with Gasteiger partial charge in [0.25, 0.3) is 5.91 Å². The van der Waals surface area contributed by atoms with Crippen LogP contribution in [0.4, 0.5) is 5.69 Å². The van der Waals surface area contributed by atoms with E-state index >= 15 is 0 Å². The topological polar surface area (TPSA) is 49.4 Å². The van der Waals surface area contributed by atoms with E-state index in [1.165, 1.54) is 6.08 Å². The van der Waals surface area contributed by atoms with Crippen molar-refractivity contribution in [3.8, 4) is 0 Å². The van der Waals surface area contributed by atoms with E-state index in [1.54, 1.807) is 24.3 Å². The van der Waals surface area contributed by atoms with E-state index in [9.17, 15) is 9.59 Å². The smallest absolute Gasteiger partial charge is 0.256 e. The van der Waals surface area contributed by atoms with Crippen molar-refractivity contribution in [2.45, 2.75) is 19.8 Å². The van der Waals surface area contributed by atoms with Crippen molar-refractivity contribution in [1.82, 2.24) is 4.90 Å². The summed E-state index contributed by atoms with van der Waals surface area (Å²) in [5, 5.41) is 3.45. The Bertz CT molecular complexity index is 855. The van der Waals surface area contributed by atoms with Crippen molar-refractivity contribution in [3.05, 3.63) is 70.3 Å². The minimum atomic E-state index is -0.286. The van der Waals surface area contributed by atoms with Crippen LogP contribution in [0, 0.1) is 6.92 Å². The van der Waals surface area contributed by atoms with Crippen LogP contribution in [0.25, 0.3) is 6.08 Å². The van der Waals surface area contributed by atoms with Crippen molar-refractivity contribution < 1.29 is 9.59 Å². The highest BCUT2D eigenvalue weighted by molar-refractivity contribution is 6.30. The number of hydrogen-bond acceptors (Lipinski definition) is 2. The van der Waals surface area contributed by atoms with Crippen LogP contribution < -0.4 is 5.32 Å². The zero-order valence-corrected chi connectivity index (χ0v) is 15.4. The number of amides is 2. The number of nitrogens with zero attached hydrogens (tertiary/aromatic N) is 1. The largest absolute Gasteiger partial charge is 0.339 e. The number of nitrogens with one attached hydrogen (secondary N) is 1. The first-order valence-electron chi connectivity index (χ1n) is 8.68. The van der Waals surface area contributed by atoms with Gasteiger partial charge in [-0.25, -0.2) is 0 Å². The predicted octanol–water partition coefficient (Wildman–Crippen LogP) is 4.54. The third-order valence-corrected chi connectivity index (χ3v) is 4.65. The lowest BCUT2D eigenvalue weighted by molar-refractivity contribution is -0.111. The van der Waals surface area contributed by atoms with Gasteiger partial charge in [0.1, 0.15) is 0 Å². The van der Waals surface area contributed by atoms with E-state index < -0.39 is 0 Å². The second-order valence-corrected chi connectivity index (χ2v) is 6.81. The summed E-state index contributed by atoms with van der Waals surface area (Å²) in [6.07, 6.45) is 5.19. The first-order chi connectivity index (χ1) is 12.5. The molecule has 1 heterocycles. The molecule has 0 atom stereocenters. The molecule has 1 aliphatic rings. The number of benzene rings is 2. The molecule has 0 aliphatic carbocycles. The molecule has 1 aliphatic heterocycles. The fourth-order valence-corrected chi connectivity index (χ4v) is 3.29. The van der Waals surface area contributed by atoms with Gasteiger partial charge in [-0.15, -0.1) is 0 Å². The van der Waals surface area contributed by atoms with Crippen LogP contribution in [0.1, 0.15) is 34.3 Å². The molecule has 134 valence electrons. The molecule has 1 fully saturated rings. The third kappa shape index (κ3) is 4.33. The number of rotatable bonds is 4. The molecule has 2 amide bonds. The molecule has 5 heteroatoms. The second kappa shape index (κ2) is 8.19. The van der Waals surface area contributed by atoms with Crippen LogP contribution in [-0.2, 0) is 4.79 Å². The molecule has 0 bridgehead atoms. The number of aryl methyl sites for hydroxylation is 1. The lowest BCUT2D eigenvalue weighted by atomic mass is 10.0. The van der Waals surface area contributed by atoms with Gasteiger partial charge in [-0.2, -0.15) is 0 Å². The molecule has 26 heavy (non-hydrogen) atoms. The SMILES string of the molecule is Cc1cccc(NC(=O)C=Cc2cccc(Cl)c2)c1C(=O)N1CCCC1. The summed E-state index contributed by atoms with van der Waals surface area (Å²) in [6.45, 7) is 3.44. The quantitative estimate of drug-likeness (QED) is 0.805. The molecule has 2 aromatic rings. The van der Waals surface area contributed by atoms with Gasteiger partial charge < -0.3 is 10.2 Å². The molecule has 3 rings (SSSR count). The minimum Gasteiger partial charge on any atom is -0.339 e. The number of anilines is 1. The average Bonchev–Trinajstić information content (AvgIpc) is 3.14. The van der Waals surface area contributed by atoms with Crippen LogP contribution in [-0.4, -0.2) is 29.8 Å². The normalized spacial score (nSPS) is 14.0. The molecule has 0 radical (unpaired) electrons. The van der Waals surface area contributed by atoms with Gasteiger partial charge >= 0.3 is 0 Å². The number of likely N-dealkylation sites (tertiary alicyclic amines) is 1. The number of halogens is 1. The summed E-state index contributed by atoms with van der Waals surface area (Å²) in [5.41, 5.74) is 2.81. The van der Waals surface area contributed by atoms with E-state index in [4.69, 9.17) is 11.6 Å². The molecule has 4 nitrogen and oxygen atoms in total. The average molecular weight is 369 g/mol. The first-order valence-corrected chi connectivity index (χ1v) is 9.06. The summed E-state index contributed by atoms with van der Waals surface area (Å²) < 4.78 is 0. The molecular formula is C21H21ClN2O2. The summed E-state index contributed by atoms with van der Waals surface area (Å²) in [5.74, 6) is -0.305. The molecule has 0 aromatic heterocycles. The van der Waals surface area contributed by atoms with Crippen LogP contribution in [0.2, 0.25) is 5.02 Å². The minimum absolute atomic E-state index is 0.0188. The van der Waals surface area contributed by atoms with Gasteiger partial charge in [0, 0.05) is 24.2 Å². The van der Waals surface area contributed by atoms with Gasteiger partial charge in [0.05, 0.1) is 11.3 Å². The van der Waals surface area contributed by atoms with Crippen LogP contribution >= 0.6 is 11.6 Å². The van der Waals surface area contributed by atoms with Crippen molar-refractivity contribution in [2.75, 3.05) is 18.4 Å². The molecule has 1 saturated heterocycles. The van der Waals surface area contributed by atoms with E-state index in [0.29, 0.717) is 16.3 Å². The van der Waals surface area contributed by atoms with Crippen LogP contribution in [0.3, 0.4) is 0 Å². The Morgan fingerprint density at radius 2 is 1.85 bits per heavy atom. The summed E-state index contributed by atoms with van der Waals surface area (Å²) in [4.78, 5) is 27.0. The highest BCUT2D eigenvalue weighted by atomic mass is 35.5. The number of hydrogen-bond donors (Lipinski definition) is 1. The lowest BCUT2D eigenvalue weighted by Crippen LogP contribution is -2.29. The van der Waals surface area contributed by atoms with Crippen LogP contribution in [0.15, 0.2) is 48.5 Å². The van der Waals surface area contributed by atoms with E-state index in [2.05, 4.69) is 5.32 Å². The maximum absolute atomic E-state index is 12.8.